The summed E-state index contributed by atoms with van der Waals surface area (Å²) in [5.74, 6) is 1.06. The molecule has 2 heterocycles. The van der Waals surface area contributed by atoms with Crippen LogP contribution in [0.25, 0.3) is 56.2 Å². The lowest BCUT2D eigenvalue weighted by molar-refractivity contribution is 0.00578. The normalized spacial score (nSPS) is 13.8. The molecule has 0 saturated carbocycles. The molecule has 84 heavy (non-hydrogen) atoms. The van der Waals surface area contributed by atoms with Crippen molar-refractivity contribution >= 4 is 81.8 Å². The third-order valence-corrected chi connectivity index (χ3v) is 26.8. The van der Waals surface area contributed by atoms with Crippen LogP contribution in [0.1, 0.15) is 27.7 Å². The van der Waals surface area contributed by atoms with E-state index < -0.39 is 34.5 Å². The Hall–Kier alpha value is -8.86. The molecular weight excluding hydrogens is 1080 g/mol. The van der Waals surface area contributed by atoms with E-state index in [-0.39, 0.29) is 5.28 Å². The van der Waals surface area contributed by atoms with Crippen LogP contribution in [0.2, 0.25) is 5.28 Å². The quantitative estimate of drug-likeness (QED) is 0.0802. The number of halogens is 1. The van der Waals surface area contributed by atoms with E-state index in [1.165, 1.54) is 52.6 Å². The molecular formula is C75H61BClN3O2Si2. The zero-order chi connectivity index (χ0) is 57.3. The predicted octanol–water partition coefficient (Wildman–Crippen LogP) is 11.9. The molecule has 0 aliphatic carbocycles. The van der Waals surface area contributed by atoms with Crippen molar-refractivity contribution in [3.63, 3.8) is 0 Å². The first kappa shape index (κ1) is 54.4. The van der Waals surface area contributed by atoms with Crippen LogP contribution in [0, 0.1) is 0 Å². The fourth-order valence-corrected chi connectivity index (χ4v) is 22.4. The number of benzene rings is 11. The van der Waals surface area contributed by atoms with Gasteiger partial charge in [0.25, 0.3) is 0 Å². The van der Waals surface area contributed by atoms with Gasteiger partial charge in [0.15, 0.2) is 27.8 Å². The second-order valence-electron chi connectivity index (χ2n) is 22.7. The van der Waals surface area contributed by atoms with Gasteiger partial charge in [-0.3, -0.25) is 0 Å². The lowest BCUT2D eigenvalue weighted by Gasteiger charge is -2.39. The zero-order valence-corrected chi connectivity index (χ0v) is 50.2. The van der Waals surface area contributed by atoms with Crippen molar-refractivity contribution in [1.29, 1.82) is 0 Å². The van der Waals surface area contributed by atoms with Gasteiger partial charge in [-0.05, 0) is 126 Å². The largest absolute Gasteiger partial charge is 0.494 e. The van der Waals surface area contributed by atoms with E-state index in [9.17, 15) is 0 Å². The van der Waals surface area contributed by atoms with E-state index in [1.807, 2.05) is 30.3 Å². The van der Waals surface area contributed by atoms with Gasteiger partial charge < -0.3 is 9.31 Å². The molecule has 11 aromatic carbocycles. The second kappa shape index (κ2) is 22.7. The Morgan fingerprint density at radius 3 is 1.01 bits per heavy atom. The molecule has 12 aromatic rings. The molecule has 406 valence electrons. The first-order valence-electron chi connectivity index (χ1n) is 28.7. The summed E-state index contributed by atoms with van der Waals surface area (Å²) in [6, 6.07) is 109. The summed E-state index contributed by atoms with van der Waals surface area (Å²) < 4.78 is 14.3. The summed E-state index contributed by atoms with van der Waals surface area (Å²) in [6.45, 7) is 8.60. The summed E-state index contributed by atoms with van der Waals surface area (Å²) in [4.78, 5) is 13.8. The molecule has 0 spiro atoms. The number of aromatic nitrogens is 3. The fraction of sp³-hybridized carbons (Fsp3) is 0.0800. The van der Waals surface area contributed by atoms with Gasteiger partial charge in [0.05, 0.1) is 11.2 Å². The SMILES string of the molecule is CC1(C)OB(c2cc([Si](c3ccccc3)(c3ccccc3)c3cccc(-c4ccccc4)c3)cc([Si](c3ccccc3)(c3ccccc3)c3cccc(-c4cccc(-c5ccc(-c6nc(Cl)nc(-c7ccccc7)n6)cc5)c4)c3)c2)OC1(C)C. The molecule has 0 radical (unpaired) electrons. The molecule has 1 aliphatic rings. The Morgan fingerprint density at radius 1 is 0.286 bits per heavy atom. The third kappa shape index (κ3) is 10.1. The Bertz CT molecular complexity index is 4180. The molecule has 0 N–H and O–H groups in total. The van der Waals surface area contributed by atoms with Gasteiger partial charge in [-0.25, -0.2) is 4.98 Å². The van der Waals surface area contributed by atoms with E-state index in [1.54, 1.807) is 0 Å². The highest BCUT2D eigenvalue weighted by Gasteiger charge is 2.53. The van der Waals surface area contributed by atoms with Gasteiger partial charge in [0.2, 0.25) is 5.28 Å². The molecule has 1 aliphatic heterocycles. The van der Waals surface area contributed by atoms with Gasteiger partial charge in [-0.15, -0.1) is 0 Å². The van der Waals surface area contributed by atoms with Crippen LogP contribution in [0.4, 0.5) is 0 Å². The summed E-state index contributed by atoms with van der Waals surface area (Å²) in [5.41, 5.74) is 8.32. The van der Waals surface area contributed by atoms with Gasteiger partial charge in [-0.1, -0.05) is 291 Å². The molecule has 0 unspecified atom stereocenters. The molecule has 1 aromatic heterocycles. The minimum atomic E-state index is -3.36. The highest BCUT2D eigenvalue weighted by molar-refractivity contribution is 7.22. The zero-order valence-electron chi connectivity index (χ0n) is 47.4. The van der Waals surface area contributed by atoms with Crippen molar-refractivity contribution < 1.29 is 9.31 Å². The highest BCUT2D eigenvalue weighted by Crippen LogP contribution is 2.37. The highest BCUT2D eigenvalue weighted by atomic mass is 35.5. The number of hydrogen-bond donors (Lipinski definition) is 0. The maximum Gasteiger partial charge on any atom is 0.494 e. The first-order valence-corrected chi connectivity index (χ1v) is 33.1. The van der Waals surface area contributed by atoms with E-state index >= 15 is 0 Å². The maximum atomic E-state index is 7.17. The van der Waals surface area contributed by atoms with Crippen LogP contribution in [-0.4, -0.2) is 49.4 Å². The Balaban J connectivity index is 1.03. The second-order valence-corrected chi connectivity index (χ2v) is 30.7. The minimum absolute atomic E-state index is 0.154. The van der Waals surface area contributed by atoms with Crippen LogP contribution >= 0.6 is 11.6 Å². The number of nitrogens with zero attached hydrogens (tertiary/aromatic N) is 3. The van der Waals surface area contributed by atoms with Crippen LogP contribution in [0.3, 0.4) is 0 Å². The van der Waals surface area contributed by atoms with Crippen molar-refractivity contribution in [3.05, 3.63) is 303 Å². The van der Waals surface area contributed by atoms with E-state index in [0.717, 1.165) is 38.8 Å². The molecule has 5 nitrogen and oxygen atoms in total. The topological polar surface area (TPSA) is 57.1 Å². The predicted molar refractivity (Wildman–Crippen MR) is 355 cm³/mol. The van der Waals surface area contributed by atoms with Gasteiger partial charge in [0, 0.05) is 11.1 Å². The van der Waals surface area contributed by atoms with E-state index in [4.69, 9.17) is 25.9 Å². The van der Waals surface area contributed by atoms with Crippen LogP contribution in [0.15, 0.2) is 297 Å². The lowest BCUT2D eigenvalue weighted by Crippen LogP contribution is -2.78. The molecule has 1 saturated heterocycles. The van der Waals surface area contributed by atoms with E-state index in [2.05, 4.69) is 305 Å². The fourth-order valence-electron chi connectivity index (χ4n) is 12.3. The number of hydrogen-bond acceptors (Lipinski definition) is 5. The molecule has 13 rings (SSSR count). The van der Waals surface area contributed by atoms with Crippen molar-refractivity contribution in [2.45, 2.75) is 38.9 Å². The average Bonchev–Trinajstić information content (AvgIpc) is 2.87. The Morgan fingerprint density at radius 2 is 0.583 bits per heavy atom. The number of rotatable bonds is 14. The third-order valence-electron chi connectivity index (χ3n) is 17.2. The van der Waals surface area contributed by atoms with Crippen LogP contribution in [0.5, 0.6) is 0 Å². The smallest absolute Gasteiger partial charge is 0.399 e. The summed E-state index contributed by atoms with van der Waals surface area (Å²) in [5, 5.41) is 10.3. The Labute approximate surface area is 500 Å². The van der Waals surface area contributed by atoms with E-state index in [0.29, 0.717) is 11.6 Å². The van der Waals surface area contributed by atoms with Crippen molar-refractivity contribution in [2.24, 2.45) is 0 Å². The monoisotopic (exact) mass is 1140 g/mol. The Kier molecular flexibility index (Phi) is 14.7. The lowest BCUT2D eigenvalue weighted by atomic mass is 9.79. The molecule has 9 heteroatoms. The summed E-state index contributed by atoms with van der Waals surface area (Å²) >= 11 is 6.50. The first-order chi connectivity index (χ1) is 41.0. The molecule has 1 fully saturated rings. The van der Waals surface area contributed by atoms with Crippen molar-refractivity contribution in [2.75, 3.05) is 0 Å². The van der Waals surface area contributed by atoms with Gasteiger partial charge >= 0.3 is 7.12 Å². The van der Waals surface area contributed by atoms with Crippen molar-refractivity contribution in [3.8, 4) is 56.2 Å². The van der Waals surface area contributed by atoms with Crippen LogP contribution < -0.4 is 47.0 Å². The van der Waals surface area contributed by atoms with Gasteiger partial charge in [-0.2, -0.15) is 9.97 Å². The standard InChI is InChI=1S/C75H61BClN3O2Si2/c1-74(2)75(3,4)82-76(81-74)62-51-69(83(63-34-15-7-16-35-63,64-36-17-8-18-37-64)67-42-24-32-60(49-67)54-26-11-5-12-27-54)53-70(52-62)84(65-38-19-9-20-39-65,66-40-21-10-22-41-66)68-43-25-33-61(50-68)59-31-23-30-58(48-59)55-44-46-57(47-45-55)72-78-71(79-73(77)80-72)56-28-13-6-14-29-56/h5-53H,1-4H3. The van der Waals surface area contributed by atoms with Gasteiger partial charge in [0.1, 0.15) is 0 Å². The molecule has 0 atom stereocenters. The van der Waals surface area contributed by atoms with Crippen molar-refractivity contribution in [1.82, 2.24) is 15.0 Å². The van der Waals surface area contributed by atoms with Crippen LogP contribution in [-0.2, 0) is 9.31 Å². The summed E-state index contributed by atoms with van der Waals surface area (Å²) in [6.07, 6.45) is 0. The summed E-state index contributed by atoms with van der Waals surface area (Å²) in [7, 11) is -7.28. The maximum absolute atomic E-state index is 7.17. The average molecular weight is 1140 g/mol. The molecule has 0 amide bonds. The minimum Gasteiger partial charge on any atom is -0.399 e. The molecule has 0 bridgehead atoms.